The van der Waals surface area contributed by atoms with Crippen LogP contribution in [-0.4, -0.2) is 35.1 Å². The van der Waals surface area contributed by atoms with E-state index >= 15 is 0 Å². The highest BCUT2D eigenvalue weighted by atomic mass is 16.5. The standard InChI is InChI=1S/C17H16N2O4/c1-3-22-16(20)10-6-5-7-12-15(10)11-8-13(17(21)23-4-2)18-9-14(11)19-12/h5-9,19H,3-4H2,1-2H3. The molecule has 0 spiro atoms. The summed E-state index contributed by atoms with van der Waals surface area (Å²) in [6.07, 6.45) is 1.57. The summed E-state index contributed by atoms with van der Waals surface area (Å²) in [5.74, 6) is -0.883. The second-order valence-electron chi connectivity index (χ2n) is 4.91. The fraction of sp³-hybridized carbons (Fsp3) is 0.235. The van der Waals surface area contributed by atoms with Crippen LogP contribution in [0.1, 0.15) is 34.7 Å². The summed E-state index contributed by atoms with van der Waals surface area (Å²) < 4.78 is 10.1. The van der Waals surface area contributed by atoms with Gasteiger partial charge >= 0.3 is 11.9 Å². The van der Waals surface area contributed by atoms with Crippen molar-refractivity contribution in [1.82, 2.24) is 9.97 Å². The van der Waals surface area contributed by atoms with Crippen LogP contribution in [0.15, 0.2) is 30.5 Å². The molecular formula is C17H16N2O4. The monoisotopic (exact) mass is 312 g/mol. The van der Waals surface area contributed by atoms with E-state index in [-0.39, 0.29) is 12.3 Å². The number of carbonyl (C=O) groups is 2. The smallest absolute Gasteiger partial charge is 0.356 e. The fourth-order valence-corrected chi connectivity index (χ4v) is 2.55. The van der Waals surface area contributed by atoms with Gasteiger partial charge in [0, 0.05) is 16.3 Å². The van der Waals surface area contributed by atoms with Crippen molar-refractivity contribution in [2.24, 2.45) is 0 Å². The number of benzene rings is 1. The number of rotatable bonds is 4. The first-order valence-corrected chi connectivity index (χ1v) is 7.40. The van der Waals surface area contributed by atoms with Crippen molar-refractivity contribution in [3.05, 3.63) is 41.7 Å². The third-order valence-electron chi connectivity index (χ3n) is 3.49. The largest absolute Gasteiger partial charge is 0.462 e. The molecular weight excluding hydrogens is 296 g/mol. The summed E-state index contributed by atoms with van der Waals surface area (Å²) in [4.78, 5) is 31.4. The molecule has 118 valence electrons. The van der Waals surface area contributed by atoms with Crippen LogP contribution in [0.25, 0.3) is 21.8 Å². The van der Waals surface area contributed by atoms with E-state index in [1.807, 2.05) is 6.07 Å². The number of esters is 2. The molecule has 0 aliphatic heterocycles. The molecule has 3 rings (SSSR count). The average molecular weight is 312 g/mol. The van der Waals surface area contributed by atoms with Gasteiger partial charge in [0.1, 0.15) is 5.69 Å². The lowest BCUT2D eigenvalue weighted by molar-refractivity contribution is 0.0514. The molecule has 0 saturated heterocycles. The van der Waals surface area contributed by atoms with Gasteiger partial charge < -0.3 is 14.5 Å². The van der Waals surface area contributed by atoms with Gasteiger partial charge in [0.25, 0.3) is 0 Å². The number of ether oxygens (including phenoxy) is 2. The molecule has 0 radical (unpaired) electrons. The van der Waals surface area contributed by atoms with Crippen molar-refractivity contribution in [2.75, 3.05) is 13.2 Å². The van der Waals surface area contributed by atoms with E-state index in [0.717, 1.165) is 16.4 Å². The van der Waals surface area contributed by atoms with Crippen molar-refractivity contribution in [3.8, 4) is 0 Å². The first-order chi connectivity index (χ1) is 11.2. The highest BCUT2D eigenvalue weighted by Crippen LogP contribution is 2.29. The number of hydrogen-bond acceptors (Lipinski definition) is 5. The van der Waals surface area contributed by atoms with Gasteiger partial charge in [-0.15, -0.1) is 0 Å². The van der Waals surface area contributed by atoms with Crippen LogP contribution >= 0.6 is 0 Å². The van der Waals surface area contributed by atoms with E-state index in [9.17, 15) is 9.59 Å². The van der Waals surface area contributed by atoms with Gasteiger partial charge in [-0.2, -0.15) is 0 Å². The third kappa shape index (κ3) is 2.63. The minimum Gasteiger partial charge on any atom is -0.462 e. The Hall–Kier alpha value is -2.89. The normalized spacial score (nSPS) is 10.9. The minimum atomic E-state index is -0.489. The number of pyridine rings is 1. The molecule has 1 N–H and O–H groups in total. The number of H-pyrrole nitrogens is 1. The molecule has 0 bridgehead atoms. The summed E-state index contributed by atoms with van der Waals surface area (Å²) in [7, 11) is 0. The molecule has 3 aromatic rings. The van der Waals surface area contributed by atoms with E-state index in [1.165, 1.54) is 0 Å². The number of aromatic nitrogens is 2. The van der Waals surface area contributed by atoms with E-state index in [0.29, 0.717) is 17.6 Å². The zero-order valence-corrected chi connectivity index (χ0v) is 12.9. The Balaban J connectivity index is 2.23. The first-order valence-electron chi connectivity index (χ1n) is 7.40. The van der Waals surface area contributed by atoms with E-state index in [4.69, 9.17) is 9.47 Å². The number of carbonyl (C=O) groups excluding carboxylic acids is 2. The van der Waals surface area contributed by atoms with Crippen molar-refractivity contribution in [2.45, 2.75) is 13.8 Å². The summed E-state index contributed by atoms with van der Waals surface area (Å²) in [5, 5.41) is 1.45. The number of aromatic amines is 1. The van der Waals surface area contributed by atoms with Gasteiger partial charge in [-0.1, -0.05) is 6.07 Å². The molecule has 0 amide bonds. The number of fused-ring (bicyclic) bond motifs is 3. The minimum absolute atomic E-state index is 0.207. The second kappa shape index (κ2) is 6.08. The summed E-state index contributed by atoms with van der Waals surface area (Å²) in [6.45, 7) is 4.07. The third-order valence-corrected chi connectivity index (χ3v) is 3.49. The van der Waals surface area contributed by atoms with E-state index in [2.05, 4.69) is 9.97 Å². The molecule has 0 aliphatic carbocycles. The quantitative estimate of drug-likeness (QED) is 0.749. The molecule has 2 aromatic heterocycles. The summed E-state index contributed by atoms with van der Waals surface area (Å²) >= 11 is 0. The second-order valence-corrected chi connectivity index (χ2v) is 4.91. The van der Waals surface area contributed by atoms with Gasteiger partial charge in [0.2, 0.25) is 0 Å². The number of nitrogens with one attached hydrogen (secondary N) is 1. The molecule has 0 aliphatic rings. The van der Waals surface area contributed by atoms with Crippen LogP contribution in [0.5, 0.6) is 0 Å². The van der Waals surface area contributed by atoms with Gasteiger partial charge in [-0.05, 0) is 32.0 Å². The van der Waals surface area contributed by atoms with Crippen LogP contribution in [0.2, 0.25) is 0 Å². The van der Waals surface area contributed by atoms with Crippen molar-refractivity contribution < 1.29 is 19.1 Å². The maximum Gasteiger partial charge on any atom is 0.356 e. The van der Waals surface area contributed by atoms with E-state index in [1.54, 1.807) is 38.2 Å². The SMILES string of the molecule is CCOC(=O)c1cc2c(cn1)[nH]c1cccc(C(=O)OCC)c12. The van der Waals surface area contributed by atoms with Crippen LogP contribution in [0, 0.1) is 0 Å². The van der Waals surface area contributed by atoms with Crippen molar-refractivity contribution in [3.63, 3.8) is 0 Å². The highest BCUT2D eigenvalue weighted by molar-refractivity contribution is 6.17. The molecule has 0 unspecified atom stereocenters. The number of hydrogen-bond donors (Lipinski definition) is 1. The molecule has 1 aromatic carbocycles. The Morgan fingerprint density at radius 1 is 1.09 bits per heavy atom. The molecule has 23 heavy (non-hydrogen) atoms. The van der Waals surface area contributed by atoms with Gasteiger partial charge in [-0.3, -0.25) is 0 Å². The maximum absolute atomic E-state index is 12.2. The Morgan fingerprint density at radius 3 is 2.57 bits per heavy atom. The fourth-order valence-electron chi connectivity index (χ4n) is 2.55. The van der Waals surface area contributed by atoms with Crippen LogP contribution in [0.4, 0.5) is 0 Å². The lowest BCUT2D eigenvalue weighted by Gasteiger charge is -2.04. The van der Waals surface area contributed by atoms with Gasteiger partial charge in [-0.25, -0.2) is 14.6 Å². The van der Waals surface area contributed by atoms with Crippen LogP contribution in [-0.2, 0) is 9.47 Å². The summed E-state index contributed by atoms with van der Waals surface area (Å²) in [5.41, 5.74) is 2.19. The van der Waals surface area contributed by atoms with Crippen LogP contribution < -0.4 is 0 Å². The topological polar surface area (TPSA) is 81.3 Å². The lowest BCUT2D eigenvalue weighted by atomic mass is 10.1. The Labute approximate surface area is 132 Å². The van der Waals surface area contributed by atoms with Crippen molar-refractivity contribution in [1.29, 1.82) is 0 Å². The molecule has 0 saturated carbocycles. The molecule has 2 heterocycles. The molecule has 6 nitrogen and oxygen atoms in total. The Morgan fingerprint density at radius 2 is 1.83 bits per heavy atom. The summed E-state index contributed by atoms with van der Waals surface area (Å²) in [6, 6.07) is 6.98. The Bertz CT molecular complexity index is 898. The van der Waals surface area contributed by atoms with Gasteiger partial charge in [0.05, 0.1) is 30.5 Å². The average Bonchev–Trinajstić information content (AvgIpc) is 2.93. The predicted octanol–water partition coefficient (Wildman–Crippen LogP) is 3.07. The highest BCUT2D eigenvalue weighted by Gasteiger charge is 2.17. The maximum atomic E-state index is 12.2. The lowest BCUT2D eigenvalue weighted by Crippen LogP contribution is -2.07. The predicted molar refractivity (Wildman–Crippen MR) is 85.5 cm³/mol. The number of nitrogens with zero attached hydrogens (tertiary/aromatic N) is 1. The van der Waals surface area contributed by atoms with Crippen LogP contribution in [0.3, 0.4) is 0 Å². The molecule has 0 fully saturated rings. The zero-order chi connectivity index (χ0) is 16.4. The molecule has 6 heteroatoms. The first kappa shape index (κ1) is 15.0. The van der Waals surface area contributed by atoms with E-state index < -0.39 is 11.9 Å². The van der Waals surface area contributed by atoms with Crippen molar-refractivity contribution >= 4 is 33.7 Å². The van der Waals surface area contributed by atoms with Gasteiger partial charge in [0.15, 0.2) is 0 Å². The zero-order valence-electron chi connectivity index (χ0n) is 12.9. The Kier molecular flexibility index (Phi) is 3.97. The molecule has 0 atom stereocenters.